The van der Waals surface area contributed by atoms with Gasteiger partial charge in [-0.15, -0.1) is 0 Å². The van der Waals surface area contributed by atoms with Crippen molar-refractivity contribution in [2.24, 2.45) is 0 Å². The van der Waals surface area contributed by atoms with E-state index in [4.69, 9.17) is 9.47 Å². The third-order valence-electron chi connectivity index (χ3n) is 5.70. The molecule has 1 heterocycles. The number of hydrogen-bond acceptors (Lipinski definition) is 5. The first-order valence-electron chi connectivity index (χ1n) is 11.4. The highest BCUT2D eigenvalue weighted by atomic mass is 32.2. The molecule has 0 saturated heterocycles. The van der Waals surface area contributed by atoms with Gasteiger partial charge in [-0.25, -0.2) is 12.8 Å². The van der Waals surface area contributed by atoms with Crippen molar-refractivity contribution in [1.82, 2.24) is 4.31 Å². The summed E-state index contributed by atoms with van der Waals surface area (Å²) in [4.78, 5) is 12.9. The second-order valence-electron chi connectivity index (χ2n) is 8.01. The summed E-state index contributed by atoms with van der Waals surface area (Å²) in [5.41, 5.74) is 2.80. The SMILES string of the molecule is CCOc1ccc(C(=O)Nc2ccc3c(c2)CN(S(=O)(=O)c2ccc(F)cc2)CC3)cc1OCC. The lowest BCUT2D eigenvalue weighted by atomic mass is 10.0. The van der Waals surface area contributed by atoms with Crippen LogP contribution in [-0.4, -0.2) is 38.4 Å². The Bertz CT molecular complexity index is 1330. The molecule has 0 aromatic heterocycles. The number of hydrogen-bond donors (Lipinski definition) is 1. The van der Waals surface area contributed by atoms with Crippen molar-refractivity contribution in [3.63, 3.8) is 0 Å². The molecule has 35 heavy (non-hydrogen) atoms. The summed E-state index contributed by atoms with van der Waals surface area (Å²) in [6.45, 7) is 5.14. The highest BCUT2D eigenvalue weighted by Crippen LogP contribution is 2.30. The van der Waals surface area contributed by atoms with Crippen LogP contribution in [0.4, 0.5) is 10.1 Å². The van der Waals surface area contributed by atoms with E-state index in [0.717, 1.165) is 23.3 Å². The Morgan fingerprint density at radius 2 is 1.66 bits per heavy atom. The molecule has 1 aliphatic heterocycles. The van der Waals surface area contributed by atoms with Crippen LogP contribution in [0.3, 0.4) is 0 Å². The van der Waals surface area contributed by atoms with E-state index in [9.17, 15) is 17.6 Å². The average molecular weight is 499 g/mol. The summed E-state index contributed by atoms with van der Waals surface area (Å²) in [5.74, 6) is 0.256. The second-order valence-corrected chi connectivity index (χ2v) is 9.95. The Morgan fingerprint density at radius 1 is 0.943 bits per heavy atom. The van der Waals surface area contributed by atoms with Crippen LogP contribution in [0.1, 0.15) is 35.3 Å². The summed E-state index contributed by atoms with van der Waals surface area (Å²) in [5, 5.41) is 2.88. The Morgan fingerprint density at radius 3 is 2.37 bits per heavy atom. The second kappa shape index (κ2) is 10.5. The first-order valence-corrected chi connectivity index (χ1v) is 12.8. The number of carbonyl (C=O) groups is 1. The van der Waals surface area contributed by atoms with Gasteiger partial charge in [-0.3, -0.25) is 4.79 Å². The predicted octanol–water partition coefficient (Wildman–Crippen LogP) is 4.62. The minimum atomic E-state index is -3.77. The van der Waals surface area contributed by atoms with Gasteiger partial charge in [0, 0.05) is 24.3 Å². The number of carbonyl (C=O) groups excluding carboxylic acids is 1. The molecule has 0 fully saturated rings. The number of nitrogens with zero attached hydrogens (tertiary/aromatic N) is 1. The number of sulfonamides is 1. The maximum absolute atomic E-state index is 13.2. The van der Waals surface area contributed by atoms with E-state index >= 15 is 0 Å². The lowest BCUT2D eigenvalue weighted by Gasteiger charge is -2.28. The van der Waals surface area contributed by atoms with Crippen molar-refractivity contribution in [3.05, 3.63) is 83.2 Å². The summed E-state index contributed by atoms with van der Waals surface area (Å²) in [6, 6.07) is 15.3. The standard InChI is InChI=1S/C26H27FN2O5S/c1-3-33-24-12-6-19(16-25(24)34-4-2)26(30)28-22-9-5-18-13-14-29(17-20(18)15-22)35(31,32)23-10-7-21(27)8-11-23/h5-12,15-16H,3-4,13-14,17H2,1-2H3,(H,28,30). The molecule has 7 nitrogen and oxygen atoms in total. The van der Waals surface area contributed by atoms with E-state index in [1.807, 2.05) is 19.9 Å². The molecule has 0 saturated carbocycles. The van der Waals surface area contributed by atoms with Crippen LogP contribution in [0, 0.1) is 5.82 Å². The van der Waals surface area contributed by atoms with Crippen LogP contribution in [0.15, 0.2) is 65.6 Å². The lowest BCUT2D eigenvalue weighted by molar-refractivity contribution is 0.102. The van der Waals surface area contributed by atoms with Crippen molar-refractivity contribution in [2.45, 2.75) is 31.7 Å². The Balaban J connectivity index is 1.52. The number of halogens is 1. The van der Waals surface area contributed by atoms with Gasteiger partial charge >= 0.3 is 0 Å². The number of benzene rings is 3. The lowest BCUT2D eigenvalue weighted by Crippen LogP contribution is -2.36. The number of ether oxygens (including phenoxy) is 2. The van der Waals surface area contributed by atoms with E-state index in [1.54, 1.807) is 30.3 Å². The van der Waals surface area contributed by atoms with Gasteiger partial charge in [0.15, 0.2) is 11.5 Å². The smallest absolute Gasteiger partial charge is 0.255 e. The third kappa shape index (κ3) is 5.47. The van der Waals surface area contributed by atoms with Gasteiger partial charge in [0.2, 0.25) is 10.0 Å². The monoisotopic (exact) mass is 498 g/mol. The van der Waals surface area contributed by atoms with Gasteiger partial charge in [-0.05, 0) is 86.0 Å². The minimum Gasteiger partial charge on any atom is -0.490 e. The third-order valence-corrected chi connectivity index (χ3v) is 7.56. The molecule has 184 valence electrons. The fraction of sp³-hybridized carbons (Fsp3) is 0.269. The number of nitrogens with one attached hydrogen (secondary N) is 1. The molecule has 1 aliphatic rings. The molecule has 0 aliphatic carbocycles. The van der Waals surface area contributed by atoms with Gasteiger partial charge < -0.3 is 14.8 Å². The van der Waals surface area contributed by atoms with Crippen LogP contribution < -0.4 is 14.8 Å². The zero-order valence-corrected chi connectivity index (χ0v) is 20.4. The molecule has 1 N–H and O–H groups in total. The van der Waals surface area contributed by atoms with E-state index in [0.29, 0.717) is 48.9 Å². The Kier molecular flexibility index (Phi) is 7.37. The number of amides is 1. The fourth-order valence-corrected chi connectivity index (χ4v) is 5.38. The summed E-state index contributed by atoms with van der Waals surface area (Å²) in [7, 11) is -3.77. The van der Waals surface area contributed by atoms with Gasteiger partial charge in [0.05, 0.1) is 18.1 Å². The highest BCUT2D eigenvalue weighted by Gasteiger charge is 2.28. The molecule has 3 aromatic carbocycles. The number of rotatable bonds is 8. The summed E-state index contributed by atoms with van der Waals surface area (Å²) >= 11 is 0. The normalized spacial score (nSPS) is 13.7. The molecule has 9 heteroatoms. The largest absolute Gasteiger partial charge is 0.490 e. The van der Waals surface area contributed by atoms with Crippen molar-refractivity contribution in [1.29, 1.82) is 0 Å². The molecule has 0 bridgehead atoms. The van der Waals surface area contributed by atoms with Gasteiger partial charge in [-0.2, -0.15) is 4.31 Å². The number of fused-ring (bicyclic) bond motifs is 1. The summed E-state index contributed by atoms with van der Waals surface area (Å²) in [6.07, 6.45) is 0.542. The zero-order valence-electron chi connectivity index (χ0n) is 19.6. The van der Waals surface area contributed by atoms with Crippen molar-refractivity contribution < 1.29 is 27.1 Å². The maximum atomic E-state index is 13.2. The number of anilines is 1. The molecule has 0 spiro atoms. The molecular weight excluding hydrogens is 471 g/mol. The van der Waals surface area contributed by atoms with Crippen molar-refractivity contribution >= 4 is 21.6 Å². The van der Waals surface area contributed by atoms with Crippen molar-refractivity contribution in [3.8, 4) is 11.5 Å². The van der Waals surface area contributed by atoms with Crippen LogP contribution in [0.5, 0.6) is 11.5 Å². The fourth-order valence-electron chi connectivity index (χ4n) is 3.97. The average Bonchev–Trinajstić information content (AvgIpc) is 2.85. The molecule has 4 rings (SSSR count). The molecule has 0 atom stereocenters. The van der Waals surface area contributed by atoms with Gasteiger partial charge in [-0.1, -0.05) is 6.07 Å². The van der Waals surface area contributed by atoms with E-state index in [-0.39, 0.29) is 17.3 Å². The maximum Gasteiger partial charge on any atom is 0.255 e. The zero-order chi connectivity index (χ0) is 25.0. The topological polar surface area (TPSA) is 84.9 Å². The van der Waals surface area contributed by atoms with Crippen molar-refractivity contribution in [2.75, 3.05) is 25.1 Å². The van der Waals surface area contributed by atoms with Gasteiger partial charge in [0.25, 0.3) is 5.91 Å². The van der Waals surface area contributed by atoms with E-state index in [2.05, 4.69) is 5.32 Å². The van der Waals surface area contributed by atoms with E-state index < -0.39 is 15.8 Å². The minimum absolute atomic E-state index is 0.0485. The molecule has 3 aromatic rings. The van der Waals surface area contributed by atoms with Crippen LogP contribution in [0.25, 0.3) is 0 Å². The van der Waals surface area contributed by atoms with Gasteiger partial charge in [0.1, 0.15) is 5.82 Å². The molecule has 0 radical (unpaired) electrons. The van der Waals surface area contributed by atoms with Crippen LogP contribution in [0.2, 0.25) is 0 Å². The van der Waals surface area contributed by atoms with Crippen LogP contribution in [-0.2, 0) is 23.0 Å². The molecular formula is C26H27FN2O5S. The quantitative estimate of drug-likeness (QED) is 0.490. The first kappa shape index (κ1) is 24.7. The van der Waals surface area contributed by atoms with E-state index in [1.165, 1.54) is 16.4 Å². The Labute approximate surface area is 204 Å². The predicted molar refractivity (Wildman–Crippen MR) is 131 cm³/mol. The summed E-state index contributed by atoms with van der Waals surface area (Å²) < 4.78 is 51.8. The first-order chi connectivity index (χ1) is 16.8. The van der Waals surface area contributed by atoms with Crippen LogP contribution >= 0.6 is 0 Å². The molecule has 1 amide bonds. The molecule has 0 unspecified atom stereocenters. The highest BCUT2D eigenvalue weighted by molar-refractivity contribution is 7.89. The Hall–Kier alpha value is -3.43.